The number of Topliss-reactive ketones (excluding diaryl/α,β-unsaturated/α-hetero) is 1. The fourth-order valence-corrected chi connectivity index (χ4v) is 5.33. The SMILES string of the molecule is O=C1C(=O)N(c2nc3ccc(F)cc3s2)C(c2ccccc2)C1=C(O)c1ccc2c(c1)OCCO2. The molecule has 6 rings (SSSR count). The third-order valence-corrected chi connectivity index (χ3v) is 6.94. The highest BCUT2D eigenvalue weighted by molar-refractivity contribution is 7.22. The van der Waals surface area contributed by atoms with E-state index < -0.39 is 23.5 Å². The van der Waals surface area contributed by atoms with Gasteiger partial charge in [0.05, 0.1) is 21.8 Å². The van der Waals surface area contributed by atoms with Crippen molar-refractivity contribution >= 4 is 44.1 Å². The van der Waals surface area contributed by atoms with Gasteiger partial charge in [-0.3, -0.25) is 14.5 Å². The molecule has 2 aliphatic rings. The number of rotatable bonds is 3. The Morgan fingerprint density at radius 2 is 1.77 bits per heavy atom. The predicted molar refractivity (Wildman–Crippen MR) is 128 cm³/mol. The Labute approximate surface area is 202 Å². The number of aromatic nitrogens is 1. The lowest BCUT2D eigenvalue weighted by Gasteiger charge is -2.23. The average Bonchev–Trinajstić information content (AvgIpc) is 3.41. The molecule has 1 aromatic heterocycles. The number of ketones is 1. The summed E-state index contributed by atoms with van der Waals surface area (Å²) in [4.78, 5) is 32.3. The van der Waals surface area contributed by atoms with E-state index in [1.807, 2.05) is 6.07 Å². The van der Waals surface area contributed by atoms with Crippen LogP contribution >= 0.6 is 11.3 Å². The van der Waals surface area contributed by atoms with E-state index in [0.717, 1.165) is 11.3 Å². The van der Waals surface area contributed by atoms with E-state index in [-0.39, 0.29) is 16.5 Å². The normalized spacial score (nSPS) is 18.9. The summed E-state index contributed by atoms with van der Waals surface area (Å²) in [6.07, 6.45) is 0. The Morgan fingerprint density at radius 1 is 1.00 bits per heavy atom. The second kappa shape index (κ2) is 8.21. The molecular formula is C26H17FN2O5S. The maximum atomic E-state index is 13.8. The number of carbonyl (C=O) groups is 2. The van der Waals surface area contributed by atoms with Gasteiger partial charge in [0.25, 0.3) is 5.78 Å². The maximum Gasteiger partial charge on any atom is 0.301 e. The summed E-state index contributed by atoms with van der Waals surface area (Å²) in [7, 11) is 0. The number of fused-ring (bicyclic) bond motifs is 2. The van der Waals surface area contributed by atoms with Crippen molar-refractivity contribution < 1.29 is 28.6 Å². The second-order valence-corrected chi connectivity index (χ2v) is 9.06. The molecule has 1 fully saturated rings. The van der Waals surface area contributed by atoms with Gasteiger partial charge in [0.2, 0.25) is 0 Å². The van der Waals surface area contributed by atoms with Crippen LogP contribution in [-0.4, -0.2) is 35.0 Å². The van der Waals surface area contributed by atoms with E-state index in [1.54, 1.807) is 42.5 Å². The Balaban J connectivity index is 1.53. The number of thiazole rings is 1. The minimum Gasteiger partial charge on any atom is -0.507 e. The molecule has 4 aromatic rings. The van der Waals surface area contributed by atoms with Crippen LogP contribution in [0.15, 0.2) is 72.3 Å². The minimum absolute atomic E-state index is 0.0664. The van der Waals surface area contributed by atoms with Crippen molar-refractivity contribution in [3.63, 3.8) is 0 Å². The lowest BCUT2D eigenvalue weighted by molar-refractivity contribution is -0.132. The van der Waals surface area contributed by atoms with Crippen molar-refractivity contribution in [2.45, 2.75) is 6.04 Å². The van der Waals surface area contributed by atoms with E-state index in [9.17, 15) is 19.1 Å². The average molecular weight is 488 g/mol. The number of nitrogens with zero attached hydrogens (tertiary/aromatic N) is 2. The molecule has 1 unspecified atom stereocenters. The fourth-order valence-electron chi connectivity index (χ4n) is 4.32. The largest absolute Gasteiger partial charge is 0.507 e. The van der Waals surface area contributed by atoms with Crippen molar-refractivity contribution in [1.82, 2.24) is 4.98 Å². The van der Waals surface area contributed by atoms with Crippen molar-refractivity contribution in [2.75, 3.05) is 18.1 Å². The Bertz CT molecular complexity index is 1530. The molecule has 2 aliphatic heterocycles. The number of aliphatic hydroxyl groups is 1. The number of amides is 1. The third kappa shape index (κ3) is 3.52. The van der Waals surface area contributed by atoms with Gasteiger partial charge in [-0.25, -0.2) is 9.37 Å². The Morgan fingerprint density at radius 3 is 2.57 bits per heavy atom. The number of benzene rings is 3. The fraction of sp³-hybridized carbons (Fsp3) is 0.115. The minimum atomic E-state index is -0.921. The lowest BCUT2D eigenvalue weighted by atomic mass is 9.95. The van der Waals surface area contributed by atoms with E-state index in [4.69, 9.17) is 9.47 Å². The number of ether oxygens (including phenoxy) is 2. The van der Waals surface area contributed by atoms with Crippen LogP contribution in [0.5, 0.6) is 11.5 Å². The summed E-state index contributed by atoms with van der Waals surface area (Å²) in [6.45, 7) is 0.785. The molecule has 0 saturated carbocycles. The van der Waals surface area contributed by atoms with Gasteiger partial charge in [-0.05, 0) is 42.0 Å². The molecule has 0 bridgehead atoms. The van der Waals surface area contributed by atoms with Gasteiger partial charge in [-0.15, -0.1) is 0 Å². The quantitative estimate of drug-likeness (QED) is 0.252. The Kier molecular flexibility index (Phi) is 5.00. The van der Waals surface area contributed by atoms with Crippen LogP contribution in [0.3, 0.4) is 0 Å². The van der Waals surface area contributed by atoms with Crippen LogP contribution < -0.4 is 14.4 Å². The summed E-state index contributed by atoms with van der Waals surface area (Å²) in [5.41, 5.74) is 1.38. The zero-order valence-electron chi connectivity index (χ0n) is 18.1. The second-order valence-electron chi connectivity index (χ2n) is 8.05. The lowest BCUT2D eigenvalue weighted by Crippen LogP contribution is -2.29. The van der Waals surface area contributed by atoms with Gasteiger partial charge in [-0.1, -0.05) is 41.7 Å². The molecule has 35 heavy (non-hydrogen) atoms. The first kappa shape index (κ1) is 21.3. The molecule has 1 amide bonds. The zero-order chi connectivity index (χ0) is 24.1. The number of halogens is 1. The highest BCUT2D eigenvalue weighted by atomic mass is 32.1. The number of anilines is 1. The molecule has 3 heterocycles. The predicted octanol–water partition coefficient (Wildman–Crippen LogP) is 4.83. The number of carbonyl (C=O) groups excluding carboxylic acids is 2. The van der Waals surface area contributed by atoms with E-state index >= 15 is 0 Å². The molecule has 9 heteroatoms. The Hall–Kier alpha value is -4.24. The molecule has 0 spiro atoms. The van der Waals surface area contributed by atoms with Crippen LogP contribution in [0, 0.1) is 5.82 Å². The van der Waals surface area contributed by atoms with Crippen molar-refractivity contribution in [3.05, 3.63) is 89.2 Å². The van der Waals surface area contributed by atoms with Crippen LogP contribution in [-0.2, 0) is 9.59 Å². The van der Waals surface area contributed by atoms with Crippen molar-refractivity contribution in [2.24, 2.45) is 0 Å². The van der Waals surface area contributed by atoms with E-state index in [1.165, 1.54) is 23.1 Å². The molecule has 0 aliphatic carbocycles. The summed E-state index contributed by atoms with van der Waals surface area (Å²) >= 11 is 1.10. The summed E-state index contributed by atoms with van der Waals surface area (Å²) in [5, 5.41) is 11.5. The summed E-state index contributed by atoms with van der Waals surface area (Å²) < 4.78 is 25.5. The topological polar surface area (TPSA) is 89.0 Å². The van der Waals surface area contributed by atoms with E-state index in [2.05, 4.69) is 4.98 Å². The highest BCUT2D eigenvalue weighted by Crippen LogP contribution is 2.45. The molecule has 174 valence electrons. The number of hydrogen-bond acceptors (Lipinski definition) is 7. The third-order valence-electron chi connectivity index (χ3n) is 5.92. The van der Waals surface area contributed by atoms with Crippen LogP contribution in [0.25, 0.3) is 16.0 Å². The van der Waals surface area contributed by atoms with E-state index in [0.29, 0.717) is 46.1 Å². The van der Waals surface area contributed by atoms with Crippen molar-refractivity contribution in [3.8, 4) is 11.5 Å². The first-order valence-electron chi connectivity index (χ1n) is 10.8. The number of hydrogen-bond donors (Lipinski definition) is 1. The van der Waals surface area contributed by atoms with Gasteiger partial charge in [0, 0.05) is 5.56 Å². The first-order chi connectivity index (χ1) is 17.0. The first-order valence-corrected chi connectivity index (χ1v) is 11.6. The molecule has 7 nitrogen and oxygen atoms in total. The number of aliphatic hydroxyl groups excluding tert-OH is 1. The zero-order valence-corrected chi connectivity index (χ0v) is 18.9. The summed E-state index contributed by atoms with van der Waals surface area (Å²) in [5.74, 6) is -1.43. The smallest absolute Gasteiger partial charge is 0.301 e. The maximum absolute atomic E-state index is 13.8. The standard InChI is InChI=1S/C26H17FN2O5S/c27-16-7-8-17-20(13-16)35-26(28-17)29-22(14-4-2-1-3-5-14)21(24(31)25(29)32)23(30)15-6-9-18-19(12-15)34-11-10-33-18/h1-9,12-13,22,30H,10-11H2. The highest BCUT2D eigenvalue weighted by Gasteiger charge is 2.48. The molecule has 1 atom stereocenters. The van der Waals surface area contributed by atoms with Crippen molar-refractivity contribution in [1.29, 1.82) is 0 Å². The molecule has 3 aromatic carbocycles. The van der Waals surface area contributed by atoms with Gasteiger partial charge < -0.3 is 14.6 Å². The molecule has 1 N–H and O–H groups in total. The van der Waals surface area contributed by atoms with Gasteiger partial charge in [0.1, 0.15) is 24.8 Å². The van der Waals surface area contributed by atoms with Gasteiger partial charge in [-0.2, -0.15) is 0 Å². The van der Waals surface area contributed by atoms with Crippen LogP contribution in [0.2, 0.25) is 0 Å². The van der Waals surface area contributed by atoms with Crippen LogP contribution in [0.1, 0.15) is 17.2 Å². The summed E-state index contributed by atoms with van der Waals surface area (Å²) in [6, 6.07) is 17.0. The molecule has 1 saturated heterocycles. The van der Waals surface area contributed by atoms with Gasteiger partial charge >= 0.3 is 5.91 Å². The van der Waals surface area contributed by atoms with Gasteiger partial charge in [0.15, 0.2) is 16.6 Å². The monoisotopic (exact) mass is 488 g/mol. The molecular weight excluding hydrogens is 471 g/mol. The van der Waals surface area contributed by atoms with Crippen LogP contribution in [0.4, 0.5) is 9.52 Å². The molecule has 0 radical (unpaired) electrons.